The lowest BCUT2D eigenvalue weighted by molar-refractivity contribution is -0.0603. The number of aliphatic hydroxyl groups excluding tert-OH is 1. The van der Waals surface area contributed by atoms with Crippen LogP contribution in [-0.2, 0) is 16.4 Å². The van der Waals surface area contributed by atoms with Gasteiger partial charge in [0, 0.05) is 23.0 Å². The lowest BCUT2D eigenvalue weighted by Crippen LogP contribution is -2.53. The summed E-state index contributed by atoms with van der Waals surface area (Å²) >= 11 is 0. The number of H-pyrrole nitrogens is 1. The van der Waals surface area contributed by atoms with Crippen LogP contribution in [0.25, 0.3) is 0 Å². The first-order chi connectivity index (χ1) is 16.0. The van der Waals surface area contributed by atoms with Gasteiger partial charge in [-0.15, -0.1) is 0 Å². The first kappa shape index (κ1) is 23.9. The largest absolute Gasteiger partial charge is 0.485 e. The van der Waals surface area contributed by atoms with E-state index in [1.165, 1.54) is 18.2 Å². The van der Waals surface area contributed by atoms with E-state index in [9.17, 15) is 18.3 Å². The Balaban J connectivity index is 1.68. The van der Waals surface area contributed by atoms with Gasteiger partial charge in [0.2, 0.25) is 16.0 Å². The van der Waals surface area contributed by atoms with Crippen LogP contribution in [0.1, 0.15) is 54.0 Å². The summed E-state index contributed by atoms with van der Waals surface area (Å²) in [5.74, 6) is 0.244. The number of aromatic amines is 1. The fourth-order valence-electron chi connectivity index (χ4n) is 3.86. The van der Waals surface area contributed by atoms with Crippen LogP contribution in [0.2, 0.25) is 0 Å². The van der Waals surface area contributed by atoms with Crippen LogP contribution >= 0.6 is 0 Å². The third-order valence-corrected chi connectivity index (χ3v) is 7.32. The molecule has 180 valence electrons. The fraction of sp³-hybridized carbons (Fsp3) is 0.333. The van der Waals surface area contributed by atoms with Crippen molar-refractivity contribution in [2.24, 2.45) is 0 Å². The summed E-state index contributed by atoms with van der Waals surface area (Å²) in [5.41, 5.74) is 1.37. The molecule has 0 aliphatic carbocycles. The molecule has 10 heteroatoms. The van der Waals surface area contributed by atoms with Crippen molar-refractivity contribution in [3.8, 4) is 5.75 Å². The number of hydrogen-bond acceptors (Lipinski definition) is 6. The van der Waals surface area contributed by atoms with Crippen LogP contribution in [0.5, 0.6) is 5.75 Å². The van der Waals surface area contributed by atoms with E-state index in [2.05, 4.69) is 20.0 Å². The lowest BCUT2D eigenvalue weighted by Gasteiger charge is -2.42. The van der Waals surface area contributed by atoms with Gasteiger partial charge in [-0.25, -0.2) is 18.1 Å². The number of fused-ring (bicyclic) bond motifs is 1. The van der Waals surface area contributed by atoms with Gasteiger partial charge in [0.1, 0.15) is 17.5 Å². The fourth-order valence-corrected chi connectivity index (χ4v) is 5.08. The normalized spacial score (nSPS) is 19.2. The molecule has 0 saturated carbocycles. The van der Waals surface area contributed by atoms with Crippen LogP contribution in [0.3, 0.4) is 0 Å². The Morgan fingerprint density at radius 1 is 1.21 bits per heavy atom. The summed E-state index contributed by atoms with van der Waals surface area (Å²) in [6.45, 7) is 7.16. The molecule has 1 aliphatic heterocycles. The van der Waals surface area contributed by atoms with Crippen LogP contribution in [0.4, 0.5) is 5.95 Å². The molecule has 0 bridgehead atoms. The number of carbonyl (C=O) groups is 1. The van der Waals surface area contributed by atoms with E-state index in [0.717, 1.165) is 17.7 Å². The summed E-state index contributed by atoms with van der Waals surface area (Å²) in [7, 11) is -3.97. The summed E-state index contributed by atoms with van der Waals surface area (Å²) in [6, 6.07) is 10.2. The van der Waals surface area contributed by atoms with Crippen LogP contribution in [-0.4, -0.2) is 41.1 Å². The summed E-state index contributed by atoms with van der Waals surface area (Å²) in [4.78, 5) is 19.9. The minimum atomic E-state index is -3.97. The number of hydrogen-bond donors (Lipinski definition) is 4. The Labute approximate surface area is 198 Å². The van der Waals surface area contributed by atoms with Crippen LogP contribution in [0, 0.1) is 6.92 Å². The highest BCUT2D eigenvalue weighted by Gasteiger charge is 2.44. The molecule has 2 heterocycles. The molecule has 0 fully saturated rings. The molecule has 2 aromatic carbocycles. The lowest BCUT2D eigenvalue weighted by atomic mass is 9.86. The van der Waals surface area contributed by atoms with E-state index in [1.54, 1.807) is 44.3 Å². The molecule has 34 heavy (non-hydrogen) atoms. The average molecular weight is 485 g/mol. The number of aryl methyl sites for hydroxylation is 2. The number of imidazole rings is 1. The highest BCUT2D eigenvalue weighted by molar-refractivity contribution is 7.89. The van der Waals surface area contributed by atoms with Gasteiger partial charge in [0.25, 0.3) is 5.91 Å². The summed E-state index contributed by atoms with van der Waals surface area (Å²) in [5, 5.41) is 13.7. The molecule has 2 atom stereocenters. The monoisotopic (exact) mass is 484 g/mol. The molecule has 0 saturated heterocycles. The molecule has 3 aromatic rings. The maximum absolute atomic E-state index is 13.2. The number of nitrogens with one attached hydrogen (secondary N) is 3. The second kappa shape index (κ2) is 8.86. The summed E-state index contributed by atoms with van der Waals surface area (Å²) < 4.78 is 34.9. The molecule has 1 aliphatic rings. The van der Waals surface area contributed by atoms with Crippen molar-refractivity contribution >= 4 is 21.9 Å². The molecule has 9 nitrogen and oxygen atoms in total. The van der Waals surface area contributed by atoms with Crippen molar-refractivity contribution in [3.63, 3.8) is 0 Å². The van der Waals surface area contributed by atoms with E-state index < -0.39 is 33.7 Å². The van der Waals surface area contributed by atoms with E-state index in [-0.39, 0.29) is 10.5 Å². The van der Waals surface area contributed by atoms with E-state index in [0.29, 0.717) is 17.3 Å². The number of aliphatic hydroxyl groups is 1. The van der Waals surface area contributed by atoms with Gasteiger partial charge in [0.15, 0.2) is 0 Å². The third-order valence-electron chi connectivity index (χ3n) is 5.87. The van der Waals surface area contributed by atoms with Gasteiger partial charge in [-0.05, 0) is 63.1 Å². The number of ether oxygens (including phenoxy) is 1. The zero-order valence-electron chi connectivity index (χ0n) is 19.4. The van der Waals surface area contributed by atoms with Crippen molar-refractivity contribution in [3.05, 3.63) is 71.0 Å². The highest BCUT2D eigenvalue weighted by atomic mass is 32.2. The van der Waals surface area contributed by atoms with E-state index in [4.69, 9.17) is 4.74 Å². The van der Waals surface area contributed by atoms with Gasteiger partial charge in [-0.1, -0.05) is 19.1 Å². The maximum Gasteiger partial charge on any atom is 0.257 e. The predicted octanol–water partition coefficient (Wildman–Crippen LogP) is 3.08. The number of sulfonamides is 1. The topological polar surface area (TPSA) is 133 Å². The zero-order valence-corrected chi connectivity index (χ0v) is 20.2. The van der Waals surface area contributed by atoms with Crippen LogP contribution < -0.4 is 14.8 Å². The van der Waals surface area contributed by atoms with Crippen molar-refractivity contribution in [2.75, 3.05) is 5.32 Å². The van der Waals surface area contributed by atoms with Gasteiger partial charge in [-0.2, -0.15) is 0 Å². The standard InChI is InChI=1S/C24H28N4O5S/c1-5-15-6-9-17(10-7-15)34(31,32)28-20-18-12-16(22(30)27-23-25-13-14(2)26-23)8-11-19(18)33-24(3,4)21(20)29/h6-13,20-21,28-29H,5H2,1-4H3,(H2,25,26,27,30)/t20-,21+/m1/s1. The number of nitrogens with zero attached hydrogens (tertiary/aromatic N) is 1. The number of carbonyl (C=O) groups excluding carboxylic acids is 1. The first-order valence-electron chi connectivity index (χ1n) is 11.0. The Kier molecular flexibility index (Phi) is 6.24. The van der Waals surface area contributed by atoms with Gasteiger partial charge >= 0.3 is 0 Å². The van der Waals surface area contributed by atoms with Crippen molar-refractivity contribution < 1.29 is 23.1 Å². The third kappa shape index (κ3) is 4.70. The highest BCUT2D eigenvalue weighted by Crippen LogP contribution is 2.41. The van der Waals surface area contributed by atoms with Crippen molar-refractivity contribution in [1.82, 2.24) is 14.7 Å². The SMILES string of the molecule is CCc1ccc(S(=O)(=O)N[C@@H]2c3cc(C(=O)Nc4ncc(C)[nH]4)ccc3OC(C)(C)[C@H]2O)cc1. The Bertz CT molecular complexity index is 1320. The van der Waals surface area contributed by atoms with Crippen LogP contribution in [0.15, 0.2) is 53.6 Å². The Hall–Kier alpha value is -3.21. The smallest absolute Gasteiger partial charge is 0.257 e. The number of anilines is 1. The molecule has 0 radical (unpaired) electrons. The number of rotatable bonds is 6. The minimum absolute atomic E-state index is 0.0878. The van der Waals surface area contributed by atoms with Crippen molar-refractivity contribution in [2.45, 2.75) is 56.8 Å². The van der Waals surface area contributed by atoms with Crippen molar-refractivity contribution in [1.29, 1.82) is 0 Å². The second-order valence-corrected chi connectivity index (χ2v) is 10.6. The average Bonchev–Trinajstić information content (AvgIpc) is 3.20. The van der Waals surface area contributed by atoms with Gasteiger partial charge in [0.05, 0.1) is 10.9 Å². The molecule has 1 aromatic heterocycles. The minimum Gasteiger partial charge on any atom is -0.485 e. The van der Waals surface area contributed by atoms with E-state index in [1.807, 2.05) is 13.8 Å². The summed E-state index contributed by atoms with van der Waals surface area (Å²) in [6.07, 6.45) is 1.17. The first-order valence-corrected chi connectivity index (χ1v) is 12.4. The van der Waals surface area contributed by atoms with Gasteiger partial charge in [-0.3, -0.25) is 10.1 Å². The molecule has 1 amide bonds. The van der Waals surface area contributed by atoms with E-state index >= 15 is 0 Å². The molecular weight excluding hydrogens is 456 g/mol. The zero-order chi connectivity index (χ0) is 24.7. The molecule has 0 spiro atoms. The molecule has 4 rings (SSSR count). The molecule has 0 unspecified atom stereocenters. The predicted molar refractivity (Wildman–Crippen MR) is 127 cm³/mol. The number of aromatic nitrogens is 2. The number of amides is 1. The quantitative estimate of drug-likeness (QED) is 0.425. The Morgan fingerprint density at radius 3 is 2.53 bits per heavy atom. The molecule has 4 N–H and O–H groups in total. The molecular formula is C24H28N4O5S. The number of benzene rings is 2. The Morgan fingerprint density at radius 2 is 1.91 bits per heavy atom. The maximum atomic E-state index is 13.2. The van der Waals surface area contributed by atoms with Gasteiger partial charge < -0.3 is 14.8 Å². The second-order valence-electron chi connectivity index (χ2n) is 8.87.